The number of nitrogens with zero attached hydrogens (tertiary/aromatic N) is 1. The van der Waals surface area contributed by atoms with Gasteiger partial charge in [-0.2, -0.15) is 0 Å². The maximum Gasteiger partial charge on any atom is 0.137 e. The van der Waals surface area contributed by atoms with Gasteiger partial charge in [-0.25, -0.2) is 0 Å². The van der Waals surface area contributed by atoms with E-state index in [9.17, 15) is 10.2 Å². The fourth-order valence-corrected chi connectivity index (χ4v) is 5.45. The van der Waals surface area contributed by atoms with E-state index in [0.717, 1.165) is 43.8 Å². The van der Waals surface area contributed by atoms with Crippen molar-refractivity contribution in [3.8, 4) is 5.75 Å². The number of phenols is 1. The molecular weight excluding hydrogens is 478 g/mol. The number of phenolic OH excluding ortho intramolecular Hbond substituents is 1. The van der Waals surface area contributed by atoms with E-state index < -0.39 is 11.6 Å². The first-order valence-electron chi connectivity index (χ1n) is 13.2. The molecule has 190 valence electrons. The van der Waals surface area contributed by atoms with Crippen molar-refractivity contribution in [3.63, 3.8) is 0 Å². The summed E-state index contributed by atoms with van der Waals surface area (Å²) in [5, 5.41) is 27.1. The van der Waals surface area contributed by atoms with Crippen LogP contribution in [-0.2, 0) is 12.0 Å². The van der Waals surface area contributed by atoms with E-state index in [1.54, 1.807) is 12.1 Å². The summed E-state index contributed by atoms with van der Waals surface area (Å²) in [5.41, 5.74) is 2.17. The molecule has 0 spiro atoms. The molecule has 0 amide bonds. The molecule has 0 saturated carbocycles. The van der Waals surface area contributed by atoms with Crippen LogP contribution in [0.25, 0.3) is 21.5 Å². The van der Waals surface area contributed by atoms with Gasteiger partial charge in [-0.15, -0.1) is 0 Å². The van der Waals surface area contributed by atoms with E-state index in [4.69, 9.17) is 4.99 Å². The summed E-state index contributed by atoms with van der Waals surface area (Å²) in [7, 11) is 0. The molecule has 39 heavy (non-hydrogen) atoms. The third-order valence-corrected chi connectivity index (χ3v) is 7.47. The van der Waals surface area contributed by atoms with Crippen molar-refractivity contribution in [1.82, 2.24) is 0 Å². The van der Waals surface area contributed by atoms with E-state index >= 15 is 0 Å². The highest BCUT2D eigenvalue weighted by Crippen LogP contribution is 2.37. The molecule has 0 aromatic heterocycles. The minimum atomic E-state index is -1.39. The molecular formula is C36H29NO2. The predicted octanol–water partition coefficient (Wildman–Crippen LogP) is 7.66. The zero-order valence-electron chi connectivity index (χ0n) is 21.5. The van der Waals surface area contributed by atoms with Gasteiger partial charge in [0.2, 0.25) is 0 Å². The van der Waals surface area contributed by atoms with Crippen molar-refractivity contribution in [2.24, 2.45) is 4.99 Å². The van der Waals surface area contributed by atoms with E-state index in [-0.39, 0.29) is 5.75 Å². The lowest BCUT2D eigenvalue weighted by Crippen LogP contribution is -2.41. The first-order chi connectivity index (χ1) is 19.1. The third kappa shape index (κ3) is 4.81. The normalized spacial score (nSPS) is 12.7. The maximum atomic E-state index is 12.7. The molecule has 6 aromatic carbocycles. The molecule has 0 saturated heterocycles. The summed E-state index contributed by atoms with van der Waals surface area (Å²) >= 11 is 0. The van der Waals surface area contributed by atoms with Crippen molar-refractivity contribution in [2.75, 3.05) is 0 Å². The van der Waals surface area contributed by atoms with E-state index in [2.05, 4.69) is 42.5 Å². The van der Waals surface area contributed by atoms with Crippen molar-refractivity contribution in [1.29, 1.82) is 0 Å². The fraction of sp³-hybridized carbons (Fsp3) is 0.0833. The minimum Gasteiger partial charge on any atom is -0.508 e. The van der Waals surface area contributed by atoms with E-state index in [1.807, 2.05) is 91.1 Å². The Morgan fingerprint density at radius 1 is 0.615 bits per heavy atom. The van der Waals surface area contributed by atoms with Gasteiger partial charge >= 0.3 is 0 Å². The zero-order chi connectivity index (χ0) is 26.7. The monoisotopic (exact) mass is 507 g/mol. The van der Waals surface area contributed by atoms with Crippen molar-refractivity contribution >= 4 is 27.8 Å². The van der Waals surface area contributed by atoms with Gasteiger partial charge in [0.1, 0.15) is 11.4 Å². The highest BCUT2D eigenvalue weighted by Gasteiger charge is 2.40. The lowest BCUT2D eigenvalue weighted by Gasteiger charge is -2.35. The van der Waals surface area contributed by atoms with Gasteiger partial charge in [0.15, 0.2) is 0 Å². The summed E-state index contributed by atoms with van der Waals surface area (Å²) < 4.78 is 0. The molecule has 3 nitrogen and oxygen atoms in total. The summed E-state index contributed by atoms with van der Waals surface area (Å²) in [6, 6.07) is 45.0. The Kier molecular flexibility index (Phi) is 6.66. The number of aromatic hydroxyl groups is 1. The Hall–Kier alpha value is -4.73. The number of benzene rings is 6. The van der Waals surface area contributed by atoms with Gasteiger partial charge in [-0.3, -0.25) is 4.99 Å². The van der Waals surface area contributed by atoms with Crippen LogP contribution >= 0.6 is 0 Å². The maximum absolute atomic E-state index is 12.7. The quantitative estimate of drug-likeness (QED) is 0.172. The topological polar surface area (TPSA) is 52.8 Å². The van der Waals surface area contributed by atoms with Crippen LogP contribution in [0, 0.1) is 0 Å². The van der Waals surface area contributed by atoms with Crippen molar-refractivity contribution in [2.45, 2.75) is 18.1 Å². The SMILES string of the molecule is Oc1ccc(C[C@H](N=Cc2c3ccccc3cc3ccccc23)C(O)(c2ccccc2)c2ccccc2)cc1. The van der Waals surface area contributed by atoms with Crippen LogP contribution in [0.2, 0.25) is 0 Å². The van der Waals surface area contributed by atoms with Crippen LogP contribution < -0.4 is 0 Å². The molecule has 6 rings (SSSR count). The molecule has 0 unspecified atom stereocenters. The zero-order valence-corrected chi connectivity index (χ0v) is 21.5. The number of hydrogen-bond acceptors (Lipinski definition) is 3. The smallest absolute Gasteiger partial charge is 0.137 e. The van der Waals surface area contributed by atoms with Crippen molar-refractivity contribution < 1.29 is 10.2 Å². The van der Waals surface area contributed by atoms with Gasteiger partial charge in [0.25, 0.3) is 0 Å². The lowest BCUT2D eigenvalue weighted by molar-refractivity contribution is 0.0528. The molecule has 0 aliphatic carbocycles. The van der Waals surface area contributed by atoms with Crippen LogP contribution in [-0.4, -0.2) is 22.5 Å². The highest BCUT2D eigenvalue weighted by atomic mass is 16.3. The molecule has 0 radical (unpaired) electrons. The average molecular weight is 508 g/mol. The standard InChI is InChI=1S/C36H29NO2/c38-31-21-19-26(20-22-31)23-35(36(39,29-13-3-1-4-14-29)30-15-5-2-6-16-30)37-25-34-32-17-9-7-11-27(32)24-28-12-8-10-18-33(28)34/h1-22,24-25,35,38-39H,23H2/t35-/m0/s1. The first kappa shape index (κ1) is 24.6. The Bertz CT molecular complexity index is 1650. The first-order valence-corrected chi connectivity index (χ1v) is 13.2. The second-order valence-electron chi connectivity index (χ2n) is 9.90. The fourth-order valence-electron chi connectivity index (χ4n) is 5.45. The number of rotatable bonds is 7. The molecule has 0 fully saturated rings. The van der Waals surface area contributed by atoms with Gasteiger partial charge in [-0.1, -0.05) is 121 Å². The van der Waals surface area contributed by atoms with Gasteiger partial charge < -0.3 is 10.2 Å². The Balaban J connectivity index is 1.56. The van der Waals surface area contributed by atoms with Gasteiger partial charge in [0.05, 0.1) is 6.04 Å². The molecule has 0 aliphatic heterocycles. The highest BCUT2D eigenvalue weighted by molar-refractivity contribution is 6.13. The van der Waals surface area contributed by atoms with Crippen LogP contribution in [0.3, 0.4) is 0 Å². The summed E-state index contributed by atoms with van der Waals surface area (Å²) in [5.74, 6) is 0.211. The Morgan fingerprint density at radius 2 is 1.10 bits per heavy atom. The molecule has 6 aromatic rings. The molecule has 3 heteroatoms. The summed E-state index contributed by atoms with van der Waals surface area (Å²) in [6.07, 6.45) is 2.41. The predicted molar refractivity (Wildman–Crippen MR) is 161 cm³/mol. The van der Waals surface area contributed by atoms with E-state index in [1.165, 1.54) is 0 Å². The van der Waals surface area contributed by atoms with E-state index in [0.29, 0.717) is 6.42 Å². The van der Waals surface area contributed by atoms with Gasteiger partial charge in [-0.05, 0) is 62.9 Å². The van der Waals surface area contributed by atoms with Crippen molar-refractivity contribution in [3.05, 3.63) is 162 Å². The summed E-state index contributed by atoms with van der Waals surface area (Å²) in [4.78, 5) is 5.20. The number of fused-ring (bicyclic) bond motifs is 2. The Morgan fingerprint density at radius 3 is 1.64 bits per heavy atom. The minimum absolute atomic E-state index is 0.211. The molecule has 1 atom stereocenters. The number of hydrogen-bond donors (Lipinski definition) is 2. The van der Waals surface area contributed by atoms with Crippen LogP contribution in [0.5, 0.6) is 5.75 Å². The second kappa shape index (κ2) is 10.6. The van der Waals surface area contributed by atoms with Gasteiger partial charge in [0, 0.05) is 11.8 Å². The Labute approximate surface area is 228 Å². The van der Waals surface area contributed by atoms with Crippen LogP contribution in [0.1, 0.15) is 22.3 Å². The number of aliphatic imine (C=N–C) groups is 1. The second-order valence-corrected chi connectivity index (χ2v) is 9.90. The lowest BCUT2D eigenvalue weighted by atomic mass is 9.78. The van der Waals surface area contributed by atoms with Crippen LogP contribution in [0.4, 0.5) is 0 Å². The molecule has 0 bridgehead atoms. The molecule has 0 aliphatic rings. The molecule has 0 heterocycles. The average Bonchev–Trinajstić information content (AvgIpc) is 3.00. The number of aliphatic hydroxyl groups is 1. The largest absolute Gasteiger partial charge is 0.508 e. The molecule has 2 N–H and O–H groups in total. The summed E-state index contributed by atoms with van der Waals surface area (Å²) in [6.45, 7) is 0. The third-order valence-electron chi connectivity index (χ3n) is 7.47. The van der Waals surface area contributed by atoms with Crippen LogP contribution in [0.15, 0.2) is 145 Å².